The van der Waals surface area contributed by atoms with Crippen molar-refractivity contribution in [2.45, 2.75) is 0 Å². The highest BCUT2D eigenvalue weighted by Gasteiger charge is 2.26. The average Bonchev–Trinajstić information content (AvgIpc) is 2.98. The molecule has 0 fully saturated rings. The maximum absolute atomic E-state index is 14.7. The first kappa shape index (κ1) is 11.2. The van der Waals surface area contributed by atoms with Gasteiger partial charge in [0.2, 0.25) is 0 Å². The molecule has 0 radical (unpaired) electrons. The number of benzene rings is 2. The van der Waals surface area contributed by atoms with E-state index in [-0.39, 0.29) is 11.6 Å². The number of hydrogen-bond donors (Lipinski definition) is 0. The fourth-order valence-corrected chi connectivity index (χ4v) is 3.67. The summed E-state index contributed by atoms with van der Waals surface area (Å²) in [5.74, 6) is 0.584. The minimum atomic E-state index is -0.331. The summed E-state index contributed by atoms with van der Waals surface area (Å²) in [6.07, 6.45) is 0. The van der Waals surface area contributed by atoms with E-state index < -0.39 is 0 Å². The van der Waals surface area contributed by atoms with Gasteiger partial charge in [0, 0.05) is 10.9 Å². The molecule has 5 rings (SSSR count). The highest BCUT2D eigenvalue weighted by molar-refractivity contribution is 7.16. The third-order valence-electron chi connectivity index (χ3n) is 3.84. The molecule has 2 aromatic carbocycles. The molecule has 100 valence electrons. The number of nitrogens with zero attached hydrogens (tertiary/aromatic N) is 1. The first-order valence-corrected chi connectivity index (χ1v) is 7.47. The number of rotatable bonds is 0. The first-order valence-electron chi connectivity index (χ1n) is 6.59. The number of thiophene rings is 1. The number of aromatic nitrogens is 1. The van der Waals surface area contributed by atoms with Crippen LogP contribution in [0.3, 0.4) is 0 Å². The molecular formula is C17H8FNOS. The fraction of sp³-hybridized carbons (Fsp3) is 0. The van der Waals surface area contributed by atoms with E-state index in [0.29, 0.717) is 21.7 Å². The van der Waals surface area contributed by atoms with Crippen LogP contribution in [0.2, 0.25) is 0 Å². The molecule has 2 aromatic heterocycles. The molecule has 4 heteroatoms. The Labute approximate surface area is 123 Å². The molecule has 1 aliphatic heterocycles. The van der Waals surface area contributed by atoms with E-state index >= 15 is 0 Å². The molecule has 0 atom stereocenters. The second kappa shape index (κ2) is 3.80. The van der Waals surface area contributed by atoms with Crippen molar-refractivity contribution in [2.24, 2.45) is 0 Å². The molecule has 3 heterocycles. The van der Waals surface area contributed by atoms with Gasteiger partial charge in [-0.1, -0.05) is 30.3 Å². The van der Waals surface area contributed by atoms with Gasteiger partial charge in [0.15, 0.2) is 11.6 Å². The van der Waals surface area contributed by atoms with Gasteiger partial charge in [-0.2, -0.15) is 0 Å². The van der Waals surface area contributed by atoms with Crippen molar-refractivity contribution in [2.75, 3.05) is 0 Å². The summed E-state index contributed by atoms with van der Waals surface area (Å²) in [6, 6.07) is 13.5. The van der Waals surface area contributed by atoms with Gasteiger partial charge < -0.3 is 4.74 Å². The van der Waals surface area contributed by atoms with Crippen molar-refractivity contribution in [3.8, 4) is 22.8 Å². The van der Waals surface area contributed by atoms with Crippen LogP contribution in [0, 0.1) is 5.82 Å². The molecule has 0 unspecified atom stereocenters. The average molecular weight is 293 g/mol. The van der Waals surface area contributed by atoms with Gasteiger partial charge in [0.05, 0.1) is 5.39 Å². The Balaban J connectivity index is 2.00. The minimum Gasteiger partial charge on any atom is -0.451 e. The van der Waals surface area contributed by atoms with Gasteiger partial charge in [0.25, 0.3) is 0 Å². The number of hydrogen-bond acceptors (Lipinski definition) is 3. The van der Waals surface area contributed by atoms with Crippen LogP contribution in [-0.4, -0.2) is 4.98 Å². The molecular weight excluding hydrogens is 285 g/mol. The quantitative estimate of drug-likeness (QED) is 0.383. The molecule has 0 N–H and O–H groups in total. The lowest BCUT2D eigenvalue weighted by Gasteiger charge is -2.20. The maximum atomic E-state index is 14.7. The van der Waals surface area contributed by atoms with Gasteiger partial charge in [-0.25, -0.2) is 9.37 Å². The summed E-state index contributed by atoms with van der Waals surface area (Å²) in [5.41, 5.74) is 1.52. The van der Waals surface area contributed by atoms with E-state index in [1.165, 1.54) is 11.3 Å². The zero-order valence-electron chi connectivity index (χ0n) is 10.8. The van der Waals surface area contributed by atoms with E-state index in [9.17, 15) is 4.39 Å². The molecule has 1 aliphatic rings. The third kappa shape index (κ3) is 1.37. The lowest BCUT2D eigenvalue weighted by atomic mass is 9.98. The van der Waals surface area contributed by atoms with Gasteiger partial charge in [0.1, 0.15) is 16.3 Å². The largest absolute Gasteiger partial charge is 0.451 e. The fourth-order valence-electron chi connectivity index (χ4n) is 2.91. The van der Waals surface area contributed by atoms with Gasteiger partial charge >= 0.3 is 0 Å². The van der Waals surface area contributed by atoms with Crippen LogP contribution < -0.4 is 4.74 Å². The van der Waals surface area contributed by atoms with Crippen molar-refractivity contribution in [1.29, 1.82) is 0 Å². The van der Waals surface area contributed by atoms with Crippen LogP contribution in [-0.2, 0) is 0 Å². The van der Waals surface area contributed by atoms with E-state index in [1.807, 2.05) is 41.8 Å². The second-order valence-corrected chi connectivity index (χ2v) is 5.90. The minimum absolute atomic E-state index is 0.229. The Kier molecular flexibility index (Phi) is 2.03. The first-order chi connectivity index (χ1) is 10.3. The summed E-state index contributed by atoms with van der Waals surface area (Å²) in [4.78, 5) is 5.31. The summed E-state index contributed by atoms with van der Waals surface area (Å²) in [7, 11) is 0. The van der Waals surface area contributed by atoms with E-state index in [4.69, 9.17) is 4.74 Å². The summed E-state index contributed by atoms with van der Waals surface area (Å²) in [6.45, 7) is 0. The van der Waals surface area contributed by atoms with Crippen molar-refractivity contribution < 1.29 is 9.13 Å². The van der Waals surface area contributed by atoms with Crippen LogP contribution in [0.15, 0.2) is 47.8 Å². The predicted octanol–water partition coefficient (Wildman–Crippen LogP) is 5.36. The normalized spacial score (nSPS) is 12.4. The van der Waals surface area contributed by atoms with E-state index in [0.717, 1.165) is 16.3 Å². The second-order valence-electron chi connectivity index (χ2n) is 5.00. The summed E-state index contributed by atoms with van der Waals surface area (Å²) >= 11 is 1.44. The Bertz CT molecular complexity index is 1030. The molecule has 0 amide bonds. The zero-order valence-corrected chi connectivity index (χ0v) is 11.6. The molecule has 2 nitrogen and oxygen atoms in total. The smallest absolute Gasteiger partial charge is 0.190 e. The van der Waals surface area contributed by atoms with Gasteiger partial charge in [-0.05, 0) is 22.9 Å². The molecule has 0 aliphatic carbocycles. The Morgan fingerprint density at radius 3 is 2.81 bits per heavy atom. The zero-order chi connectivity index (χ0) is 14.0. The maximum Gasteiger partial charge on any atom is 0.190 e. The molecule has 21 heavy (non-hydrogen) atoms. The predicted molar refractivity (Wildman–Crippen MR) is 82.6 cm³/mol. The number of fused-ring (bicyclic) bond motifs is 3. The standard InChI is InChI=1S/C17H8FNOS/c18-14-11-7-8-21-17(11)19-15-10-5-1-3-9-4-2-6-12(13(9)10)20-16(14)15/h1-8H. The number of pyridine rings is 1. The van der Waals surface area contributed by atoms with E-state index in [1.54, 1.807) is 6.07 Å². The lowest BCUT2D eigenvalue weighted by Crippen LogP contribution is -2.01. The molecule has 0 spiro atoms. The molecule has 4 aromatic rings. The highest BCUT2D eigenvalue weighted by Crippen LogP contribution is 2.48. The molecule has 0 bridgehead atoms. The molecule has 0 saturated carbocycles. The summed E-state index contributed by atoms with van der Waals surface area (Å²) < 4.78 is 20.5. The van der Waals surface area contributed by atoms with E-state index in [2.05, 4.69) is 4.98 Å². The number of ether oxygens (including phenoxy) is 1. The van der Waals surface area contributed by atoms with Crippen LogP contribution in [0.4, 0.5) is 4.39 Å². The molecule has 0 saturated heterocycles. The SMILES string of the molecule is Fc1c2c(nc3sccc13)-c1cccc3cccc(c13)O2. The highest BCUT2D eigenvalue weighted by atomic mass is 32.1. The lowest BCUT2D eigenvalue weighted by molar-refractivity contribution is 0.447. The Hall–Kier alpha value is -2.46. The topological polar surface area (TPSA) is 22.1 Å². The van der Waals surface area contributed by atoms with Crippen molar-refractivity contribution >= 4 is 32.3 Å². The Morgan fingerprint density at radius 2 is 1.90 bits per heavy atom. The van der Waals surface area contributed by atoms with Gasteiger partial charge in [-0.3, -0.25) is 0 Å². The monoisotopic (exact) mass is 293 g/mol. The van der Waals surface area contributed by atoms with Crippen LogP contribution >= 0.6 is 11.3 Å². The van der Waals surface area contributed by atoms with Crippen molar-refractivity contribution in [3.63, 3.8) is 0 Å². The number of halogens is 1. The van der Waals surface area contributed by atoms with Crippen LogP contribution in [0.25, 0.3) is 32.2 Å². The van der Waals surface area contributed by atoms with Crippen molar-refractivity contribution in [1.82, 2.24) is 4.98 Å². The van der Waals surface area contributed by atoms with Gasteiger partial charge in [-0.15, -0.1) is 11.3 Å². The van der Waals surface area contributed by atoms with Crippen LogP contribution in [0.5, 0.6) is 11.5 Å². The third-order valence-corrected chi connectivity index (χ3v) is 4.65. The van der Waals surface area contributed by atoms with Crippen LogP contribution in [0.1, 0.15) is 0 Å². The summed E-state index contributed by atoms with van der Waals surface area (Å²) in [5, 5.41) is 4.43. The Morgan fingerprint density at radius 1 is 1.05 bits per heavy atom. The van der Waals surface area contributed by atoms with Crippen molar-refractivity contribution in [3.05, 3.63) is 53.7 Å².